The topological polar surface area (TPSA) is 40.6 Å². The van der Waals surface area contributed by atoms with Crippen LogP contribution >= 0.6 is 0 Å². The number of benzene rings is 1. The van der Waals surface area contributed by atoms with Crippen molar-refractivity contribution < 1.29 is 14.0 Å². The summed E-state index contributed by atoms with van der Waals surface area (Å²) in [4.78, 5) is 28.7. The van der Waals surface area contributed by atoms with Crippen molar-refractivity contribution in [1.29, 1.82) is 0 Å². The molecule has 2 saturated heterocycles. The van der Waals surface area contributed by atoms with E-state index in [1.165, 1.54) is 12.1 Å². The smallest absolute Gasteiger partial charge is 0.224 e. The van der Waals surface area contributed by atoms with Crippen molar-refractivity contribution >= 4 is 11.8 Å². The van der Waals surface area contributed by atoms with E-state index in [4.69, 9.17) is 0 Å². The number of nitrogens with zero attached hydrogens (tertiary/aromatic N) is 2. The summed E-state index contributed by atoms with van der Waals surface area (Å²) in [5.41, 5.74) is 1.00. The van der Waals surface area contributed by atoms with E-state index in [0.717, 1.165) is 57.2 Å². The molecule has 2 fully saturated rings. The van der Waals surface area contributed by atoms with Gasteiger partial charge >= 0.3 is 0 Å². The second-order valence-electron chi connectivity index (χ2n) is 7.09. The maximum absolute atomic E-state index is 13.2. The van der Waals surface area contributed by atoms with Gasteiger partial charge in [0.05, 0.1) is 6.04 Å². The van der Waals surface area contributed by atoms with E-state index in [1.807, 2.05) is 9.80 Å². The summed E-state index contributed by atoms with van der Waals surface area (Å²) in [6.45, 7) is 2.03. The van der Waals surface area contributed by atoms with Gasteiger partial charge in [-0.2, -0.15) is 0 Å². The van der Waals surface area contributed by atoms with Crippen molar-refractivity contribution in [3.63, 3.8) is 0 Å². The van der Waals surface area contributed by atoms with Crippen LogP contribution in [0, 0.1) is 5.82 Å². The molecule has 5 heteroatoms. The minimum absolute atomic E-state index is 0.0293. The fourth-order valence-electron chi connectivity index (χ4n) is 3.91. The number of hydrogen-bond acceptors (Lipinski definition) is 2. The lowest BCUT2D eigenvalue weighted by Crippen LogP contribution is -2.41. The van der Waals surface area contributed by atoms with Gasteiger partial charge in [0, 0.05) is 32.5 Å². The van der Waals surface area contributed by atoms with E-state index in [2.05, 4.69) is 0 Å². The Hall–Kier alpha value is -1.91. The summed E-state index contributed by atoms with van der Waals surface area (Å²) < 4.78 is 13.2. The molecule has 0 spiro atoms. The molecule has 1 unspecified atom stereocenters. The van der Waals surface area contributed by atoms with Crippen LogP contribution < -0.4 is 0 Å². The second kappa shape index (κ2) is 8.45. The molecule has 4 nitrogen and oxygen atoms in total. The van der Waals surface area contributed by atoms with E-state index in [9.17, 15) is 14.0 Å². The van der Waals surface area contributed by atoms with Crippen LogP contribution in [0.1, 0.15) is 63.0 Å². The third kappa shape index (κ3) is 4.59. The highest BCUT2D eigenvalue weighted by atomic mass is 19.1. The Morgan fingerprint density at radius 3 is 2.60 bits per heavy atom. The van der Waals surface area contributed by atoms with Gasteiger partial charge in [-0.3, -0.25) is 9.59 Å². The highest BCUT2D eigenvalue weighted by Gasteiger charge is 2.28. The zero-order valence-electron chi connectivity index (χ0n) is 14.8. The Morgan fingerprint density at radius 2 is 1.80 bits per heavy atom. The van der Waals surface area contributed by atoms with Gasteiger partial charge in [-0.15, -0.1) is 0 Å². The van der Waals surface area contributed by atoms with Crippen LogP contribution in [0.4, 0.5) is 4.39 Å². The first-order valence-corrected chi connectivity index (χ1v) is 9.48. The van der Waals surface area contributed by atoms with Crippen molar-refractivity contribution in [3.8, 4) is 0 Å². The van der Waals surface area contributed by atoms with Gasteiger partial charge in [-0.1, -0.05) is 18.6 Å². The van der Waals surface area contributed by atoms with Crippen molar-refractivity contribution in [2.24, 2.45) is 0 Å². The Labute approximate surface area is 149 Å². The summed E-state index contributed by atoms with van der Waals surface area (Å²) >= 11 is 0. The number of carbonyl (C=O) groups is 2. The zero-order chi connectivity index (χ0) is 17.6. The SMILES string of the molecule is O=C1CCCCCN1CCC(=O)N1CCCCC1c1ccc(F)cc1. The van der Waals surface area contributed by atoms with Gasteiger partial charge in [0.2, 0.25) is 11.8 Å². The predicted octanol–water partition coefficient (Wildman–Crippen LogP) is 3.67. The number of hydrogen-bond donors (Lipinski definition) is 0. The summed E-state index contributed by atoms with van der Waals surface area (Å²) in [6, 6.07) is 6.51. The summed E-state index contributed by atoms with van der Waals surface area (Å²) in [7, 11) is 0. The van der Waals surface area contributed by atoms with Crippen molar-refractivity contribution in [3.05, 3.63) is 35.6 Å². The lowest BCUT2D eigenvalue weighted by Gasteiger charge is -2.36. The molecule has 3 rings (SSSR count). The van der Waals surface area contributed by atoms with Crippen LogP contribution in [-0.4, -0.2) is 41.2 Å². The first-order chi connectivity index (χ1) is 12.1. The number of piperidine rings is 1. The Balaban J connectivity index is 1.62. The summed E-state index contributed by atoms with van der Waals surface area (Å²) in [5, 5.41) is 0. The van der Waals surface area contributed by atoms with Gasteiger partial charge in [0.1, 0.15) is 5.82 Å². The van der Waals surface area contributed by atoms with E-state index in [1.54, 1.807) is 12.1 Å². The highest BCUT2D eigenvalue weighted by Crippen LogP contribution is 2.31. The fourth-order valence-corrected chi connectivity index (χ4v) is 3.91. The van der Waals surface area contributed by atoms with Crippen LogP contribution in [0.25, 0.3) is 0 Å². The molecule has 1 aromatic rings. The number of amides is 2. The van der Waals surface area contributed by atoms with Crippen molar-refractivity contribution in [2.75, 3.05) is 19.6 Å². The average Bonchev–Trinajstić information content (AvgIpc) is 2.84. The largest absolute Gasteiger partial charge is 0.342 e. The molecule has 136 valence electrons. The number of rotatable bonds is 4. The molecule has 0 aliphatic carbocycles. The van der Waals surface area contributed by atoms with Crippen LogP contribution in [0.2, 0.25) is 0 Å². The van der Waals surface area contributed by atoms with Gasteiger partial charge in [0.15, 0.2) is 0 Å². The number of carbonyl (C=O) groups excluding carboxylic acids is 2. The lowest BCUT2D eigenvalue weighted by atomic mass is 9.95. The van der Waals surface area contributed by atoms with Crippen molar-refractivity contribution in [2.45, 2.75) is 57.4 Å². The molecule has 0 radical (unpaired) electrons. The Morgan fingerprint density at radius 1 is 1.04 bits per heavy atom. The zero-order valence-corrected chi connectivity index (χ0v) is 14.8. The van der Waals surface area contributed by atoms with E-state index < -0.39 is 0 Å². The molecule has 1 aromatic carbocycles. The minimum Gasteiger partial charge on any atom is -0.342 e. The molecular formula is C20H27FN2O2. The number of halogens is 1. The van der Waals surface area contributed by atoms with E-state index in [0.29, 0.717) is 19.4 Å². The molecule has 0 saturated carbocycles. The lowest BCUT2D eigenvalue weighted by molar-refractivity contribution is -0.136. The van der Waals surface area contributed by atoms with Gasteiger partial charge in [0.25, 0.3) is 0 Å². The molecule has 0 bridgehead atoms. The molecule has 0 aromatic heterocycles. The van der Waals surface area contributed by atoms with Crippen LogP contribution in [0.3, 0.4) is 0 Å². The molecule has 25 heavy (non-hydrogen) atoms. The number of likely N-dealkylation sites (tertiary alicyclic amines) is 2. The Kier molecular flexibility index (Phi) is 6.05. The van der Waals surface area contributed by atoms with Crippen LogP contribution in [0.5, 0.6) is 0 Å². The molecular weight excluding hydrogens is 319 g/mol. The summed E-state index contributed by atoms with van der Waals surface area (Å²) in [5.74, 6) is 0.0298. The molecule has 2 heterocycles. The molecule has 0 N–H and O–H groups in total. The minimum atomic E-state index is -0.253. The Bertz CT molecular complexity index is 602. The predicted molar refractivity (Wildman–Crippen MR) is 94.4 cm³/mol. The normalized spacial score (nSPS) is 22.0. The van der Waals surface area contributed by atoms with Gasteiger partial charge in [-0.25, -0.2) is 4.39 Å². The van der Waals surface area contributed by atoms with Crippen molar-refractivity contribution in [1.82, 2.24) is 9.80 Å². The maximum atomic E-state index is 13.2. The molecule has 2 aliphatic rings. The van der Waals surface area contributed by atoms with E-state index in [-0.39, 0.29) is 23.7 Å². The standard InChI is InChI=1S/C20H27FN2O2/c21-17-10-8-16(9-11-17)18-6-3-5-14-23(18)20(25)12-15-22-13-4-1-2-7-19(22)24/h8-11,18H,1-7,12-15H2. The second-order valence-corrected chi connectivity index (χ2v) is 7.09. The first-order valence-electron chi connectivity index (χ1n) is 9.48. The van der Waals surface area contributed by atoms with E-state index >= 15 is 0 Å². The molecule has 1 atom stereocenters. The summed E-state index contributed by atoms with van der Waals surface area (Å²) in [6.07, 6.45) is 7.07. The van der Waals surface area contributed by atoms with Crippen LogP contribution in [-0.2, 0) is 9.59 Å². The van der Waals surface area contributed by atoms with Gasteiger partial charge in [-0.05, 0) is 49.8 Å². The molecule has 2 aliphatic heterocycles. The fraction of sp³-hybridized carbons (Fsp3) is 0.600. The third-order valence-electron chi connectivity index (χ3n) is 5.34. The highest BCUT2D eigenvalue weighted by molar-refractivity contribution is 5.79. The quantitative estimate of drug-likeness (QED) is 0.834. The first kappa shape index (κ1) is 17.9. The average molecular weight is 346 g/mol. The molecule has 2 amide bonds. The van der Waals surface area contributed by atoms with Gasteiger partial charge < -0.3 is 9.80 Å². The van der Waals surface area contributed by atoms with Crippen LogP contribution in [0.15, 0.2) is 24.3 Å². The third-order valence-corrected chi connectivity index (χ3v) is 5.34. The monoisotopic (exact) mass is 346 g/mol. The maximum Gasteiger partial charge on any atom is 0.224 e.